The molecule has 1 amide bonds. The van der Waals surface area contributed by atoms with Crippen molar-refractivity contribution in [3.05, 3.63) is 65.7 Å². The van der Waals surface area contributed by atoms with Crippen LogP contribution in [0.1, 0.15) is 23.4 Å². The van der Waals surface area contributed by atoms with Crippen LogP contribution in [0.25, 0.3) is 0 Å². The van der Waals surface area contributed by atoms with Gasteiger partial charge >= 0.3 is 0 Å². The van der Waals surface area contributed by atoms with Gasteiger partial charge in [-0.05, 0) is 30.2 Å². The second-order valence-corrected chi connectivity index (χ2v) is 6.78. The summed E-state index contributed by atoms with van der Waals surface area (Å²) in [5, 5.41) is 0.0597. The SMILES string of the molecule is COc1ccc([C@H]2S[C@H](C)C(=O)N2Cc2ccccc2)cc1. The van der Waals surface area contributed by atoms with Crippen LogP contribution in [0.15, 0.2) is 54.6 Å². The van der Waals surface area contributed by atoms with E-state index in [1.165, 1.54) is 0 Å². The molecule has 114 valence electrons. The minimum Gasteiger partial charge on any atom is -0.497 e. The molecule has 2 atom stereocenters. The first-order valence-electron chi connectivity index (χ1n) is 7.33. The molecule has 0 bridgehead atoms. The molecule has 1 aliphatic rings. The Morgan fingerprint density at radius 2 is 1.77 bits per heavy atom. The molecular weight excluding hydrogens is 294 g/mol. The first-order valence-corrected chi connectivity index (χ1v) is 8.27. The molecule has 0 saturated carbocycles. The Morgan fingerprint density at radius 1 is 1.09 bits per heavy atom. The van der Waals surface area contributed by atoms with E-state index in [1.807, 2.05) is 54.3 Å². The van der Waals surface area contributed by atoms with Crippen LogP contribution in [-0.2, 0) is 11.3 Å². The first kappa shape index (κ1) is 15.0. The summed E-state index contributed by atoms with van der Waals surface area (Å²) < 4.78 is 5.21. The van der Waals surface area contributed by atoms with E-state index in [-0.39, 0.29) is 16.5 Å². The van der Waals surface area contributed by atoms with Crippen molar-refractivity contribution in [1.82, 2.24) is 4.90 Å². The zero-order valence-corrected chi connectivity index (χ0v) is 13.5. The second-order valence-electron chi connectivity index (χ2n) is 5.36. The van der Waals surface area contributed by atoms with E-state index in [2.05, 4.69) is 12.1 Å². The summed E-state index contributed by atoms with van der Waals surface area (Å²) in [5.74, 6) is 1.04. The molecule has 1 saturated heterocycles. The van der Waals surface area contributed by atoms with Crippen LogP contribution in [0.5, 0.6) is 5.75 Å². The lowest BCUT2D eigenvalue weighted by Crippen LogP contribution is -2.29. The van der Waals surface area contributed by atoms with E-state index >= 15 is 0 Å². The van der Waals surface area contributed by atoms with Crippen LogP contribution in [0, 0.1) is 0 Å². The molecule has 0 aromatic heterocycles. The Kier molecular flexibility index (Phi) is 4.39. The summed E-state index contributed by atoms with van der Waals surface area (Å²) in [6.45, 7) is 2.63. The minimum atomic E-state index is -0.00388. The number of ether oxygens (including phenoxy) is 1. The Morgan fingerprint density at radius 3 is 2.41 bits per heavy atom. The van der Waals surface area contributed by atoms with Gasteiger partial charge in [0.1, 0.15) is 11.1 Å². The molecule has 0 N–H and O–H groups in total. The maximum Gasteiger partial charge on any atom is 0.236 e. The summed E-state index contributed by atoms with van der Waals surface area (Å²) in [7, 11) is 1.66. The lowest BCUT2D eigenvalue weighted by atomic mass is 10.1. The topological polar surface area (TPSA) is 29.5 Å². The number of carbonyl (C=O) groups excluding carboxylic acids is 1. The highest BCUT2D eigenvalue weighted by atomic mass is 32.2. The van der Waals surface area contributed by atoms with Crippen LogP contribution < -0.4 is 4.74 Å². The highest BCUT2D eigenvalue weighted by Gasteiger charge is 2.38. The number of hydrogen-bond donors (Lipinski definition) is 0. The van der Waals surface area contributed by atoms with E-state index in [0.29, 0.717) is 6.54 Å². The summed E-state index contributed by atoms with van der Waals surface area (Å²) in [5.41, 5.74) is 2.29. The maximum atomic E-state index is 12.5. The monoisotopic (exact) mass is 313 g/mol. The van der Waals surface area contributed by atoms with E-state index in [1.54, 1.807) is 18.9 Å². The fraction of sp³-hybridized carbons (Fsp3) is 0.278. The number of amides is 1. The highest BCUT2D eigenvalue weighted by molar-refractivity contribution is 8.01. The van der Waals surface area contributed by atoms with E-state index in [9.17, 15) is 4.79 Å². The highest BCUT2D eigenvalue weighted by Crippen LogP contribution is 2.43. The standard InChI is InChI=1S/C18H19NO2S/c1-13-17(20)19(12-14-6-4-3-5-7-14)18(22-13)15-8-10-16(21-2)11-9-15/h3-11,13,18H,12H2,1-2H3/t13-,18-/m1/s1. The second kappa shape index (κ2) is 6.44. The third-order valence-electron chi connectivity index (χ3n) is 3.84. The van der Waals surface area contributed by atoms with Crippen molar-refractivity contribution in [1.29, 1.82) is 0 Å². The average Bonchev–Trinajstić information content (AvgIpc) is 2.84. The Hall–Kier alpha value is -1.94. The number of methoxy groups -OCH3 is 1. The maximum absolute atomic E-state index is 12.5. The van der Waals surface area contributed by atoms with Crippen molar-refractivity contribution in [2.75, 3.05) is 7.11 Å². The molecule has 2 aromatic carbocycles. The van der Waals surface area contributed by atoms with E-state index in [0.717, 1.165) is 16.9 Å². The quantitative estimate of drug-likeness (QED) is 0.858. The van der Waals surface area contributed by atoms with Gasteiger partial charge in [-0.25, -0.2) is 0 Å². The van der Waals surface area contributed by atoms with Crippen LogP contribution in [0.3, 0.4) is 0 Å². The van der Waals surface area contributed by atoms with Gasteiger partial charge < -0.3 is 9.64 Å². The van der Waals surface area contributed by atoms with Crippen molar-refractivity contribution in [2.45, 2.75) is 24.1 Å². The van der Waals surface area contributed by atoms with Crippen molar-refractivity contribution >= 4 is 17.7 Å². The molecule has 3 rings (SSSR count). The van der Waals surface area contributed by atoms with Crippen LogP contribution in [0.2, 0.25) is 0 Å². The Labute approximate surface area is 135 Å². The fourth-order valence-corrected chi connectivity index (χ4v) is 3.92. The predicted molar refractivity (Wildman–Crippen MR) is 89.8 cm³/mol. The lowest BCUT2D eigenvalue weighted by Gasteiger charge is -2.24. The van der Waals surface area contributed by atoms with Gasteiger partial charge in [0, 0.05) is 6.54 Å². The van der Waals surface area contributed by atoms with E-state index < -0.39 is 0 Å². The van der Waals surface area contributed by atoms with Crippen molar-refractivity contribution in [3.63, 3.8) is 0 Å². The number of thioether (sulfide) groups is 1. The van der Waals surface area contributed by atoms with Crippen molar-refractivity contribution in [3.8, 4) is 5.75 Å². The first-order chi connectivity index (χ1) is 10.7. The van der Waals surface area contributed by atoms with Crippen LogP contribution in [0.4, 0.5) is 0 Å². The summed E-state index contributed by atoms with van der Waals surface area (Å²) in [6, 6.07) is 18.1. The molecule has 4 heteroatoms. The lowest BCUT2D eigenvalue weighted by molar-refractivity contribution is -0.130. The summed E-state index contributed by atoms with van der Waals surface area (Å²) in [6.07, 6.45) is 0. The van der Waals surface area contributed by atoms with Crippen LogP contribution >= 0.6 is 11.8 Å². The van der Waals surface area contributed by atoms with Gasteiger partial charge in [-0.15, -0.1) is 11.8 Å². The smallest absolute Gasteiger partial charge is 0.236 e. The number of rotatable bonds is 4. The predicted octanol–water partition coefficient (Wildman–Crippen LogP) is 3.86. The number of hydrogen-bond acceptors (Lipinski definition) is 3. The summed E-state index contributed by atoms with van der Waals surface area (Å²) >= 11 is 1.70. The molecular formula is C18H19NO2S. The van der Waals surface area contributed by atoms with Crippen molar-refractivity contribution in [2.24, 2.45) is 0 Å². The number of benzene rings is 2. The van der Waals surface area contributed by atoms with Gasteiger partial charge in [0.2, 0.25) is 5.91 Å². The zero-order valence-electron chi connectivity index (χ0n) is 12.7. The van der Waals surface area contributed by atoms with E-state index in [4.69, 9.17) is 4.74 Å². The molecule has 0 unspecified atom stereocenters. The molecule has 2 aromatic rings. The van der Waals surface area contributed by atoms with Gasteiger partial charge in [0.05, 0.1) is 12.4 Å². The number of carbonyl (C=O) groups is 1. The number of nitrogens with zero attached hydrogens (tertiary/aromatic N) is 1. The molecule has 0 radical (unpaired) electrons. The Balaban J connectivity index is 1.85. The minimum absolute atomic E-state index is 0.00388. The third-order valence-corrected chi connectivity index (χ3v) is 5.24. The molecule has 3 nitrogen and oxygen atoms in total. The molecule has 0 aliphatic carbocycles. The van der Waals surface area contributed by atoms with Gasteiger partial charge in [0.25, 0.3) is 0 Å². The molecule has 1 heterocycles. The normalized spacial score (nSPS) is 21.2. The fourth-order valence-electron chi connectivity index (χ4n) is 2.64. The van der Waals surface area contributed by atoms with Gasteiger partial charge in [-0.3, -0.25) is 4.79 Å². The van der Waals surface area contributed by atoms with Gasteiger partial charge in [0.15, 0.2) is 0 Å². The van der Waals surface area contributed by atoms with Crippen molar-refractivity contribution < 1.29 is 9.53 Å². The average molecular weight is 313 g/mol. The molecule has 0 spiro atoms. The Bertz CT molecular complexity index is 642. The van der Waals surface area contributed by atoms with Gasteiger partial charge in [-0.1, -0.05) is 42.5 Å². The molecule has 22 heavy (non-hydrogen) atoms. The molecule has 1 aliphatic heterocycles. The van der Waals surface area contributed by atoms with Crippen LogP contribution in [-0.4, -0.2) is 23.2 Å². The third kappa shape index (κ3) is 2.97. The molecule has 1 fully saturated rings. The summed E-state index contributed by atoms with van der Waals surface area (Å²) in [4.78, 5) is 14.5. The van der Waals surface area contributed by atoms with Gasteiger partial charge in [-0.2, -0.15) is 0 Å². The zero-order chi connectivity index (χ0) is 15.5. The largest absolute Gasteiger partial charge is 0.497 e.